The van der Waals surface area contributed by atoms with Gasteiger partial charge in [-0.1, -0.05) is 133 Å². The van der Waals surface area contributed by atoms with Gasteiger partial charge < -0.3 is 0 Å². The quantitative estimate of drug-likeness (QED) is 0.174. The molecule has 0 radical (unpaired) electrons. The van der Waals surface area contributed by atoms with E-state index in [9.17, 15) is 0 Å². The van der Waals surface area contributed by atoms with Crippen molar-refractivity contribution in [3.63, 3.8) is 0 Å². The lowest BCUT2D eigenvalue weighted by Gasteiger charge is -2.12. The molecule has 7 heterocycles. The maximum absolute atomic E-state index is 5.46. The van der Waals surface area contributed by atoms with E-state index in [0.717, 1.165) is 95.0 Å². The van der Waals surface area contributed by atoms with Gasteiger partial charge in [-0.25, -0.2) is 15.0 Å². The van der Waals surface area contributed by atoms with Crippen molar-refractivity contribution in [2.75, 3.05) is 0 Å². The molecule has 14 aromatic rings. The molecule has 7 aromatic heterocycles. The van der Waals surface area contributed by atoms with E-state index in [-0.39, 0.29) is 0 Å². The highest BCUT2D eigenvalue weighted by molar-refractivity contribution is 6.26. The van der Waals surface area contributed by atoms with Gasteiger partial charge in [0.1, 0.15) is 23.3 Å². The van der Waals surface area contributed by atoms with Gasteiger partial charge in [0.2, 0.25) is 0 Å². The Hall–Kier alpha value is -8.81. The molecule has 0 aliphatic rings. The summed E-state index contributed by atoms with van der Waals surface area (Å²) in [6.45, 7) is 0. The number of pyridine rings is 3. The van der Waals surface area contributed by atoms with Crippen LogP contribution < -0.4 is 0 Å². The first-order valence-corrected chi connectivity index (χ1v) is 21.6. The van der Waals surface area contributed by atoms with Crippen LogP contribution in [0.15, 0.2) is 212 Å². The number of hydrogen-bond donors (Lipinski definition) is 0. The van der Waals surface area contributed by atoms with Crippen molar-refractivity contribution < 1.29 is 0 Å². The second-order valence-corrected chi connectivity index (χ2v) is 16.4. The molecule has 7 heteroatoms. The Morgan fingerprint density at radius 3 is 1.02 bits per heavy atom. The average molecular weight is 818 g/mol. The topological polar surface area (TPSA) is 58.4 Å². The molecular formula is C57H35N7. The number of nitrogens with zero attached hydrogens (tertiary/aromatic N) is 7. The molecule has 0 atom stereocenters. The number of rotatable bonds is 5. The third-order valence-corrected chi connectivity index (χ3v) is 13.0. The smallest absolute Gasteiger partial charge is 0.140 e. The van der Waals surface area contributed by atoms with Gasteiger partial charge in [-0.2, -0.15) is 0 Å². The minimum atomic E-state index is 0.798. The van der Waals surface area contributed by atoms with Gasteiger partial charge in [-0.3, -0.25) is 18.3 Å². The van der Waals surface area contributed by atoms with Crippen molar-refractivity contribution in [3.05, 3.63) is 212 Å². The number of benzene rings is 7. The minimum Gasteiger partial charge on any atom is -0.294 e. The van der Waals surface area contributed by atoms with E-state index in [4.69, 9.17) is 15.0 Å². The maximum Gasteiger partial charge on any atom is 0.140 e. The van der Waals surface area contributed by atoms with Crippen LogP contribution in [0.1, 0.15) is 0 Å². The van der Waals surface area contributed by atoms with Gasteiger partial charge in [0, 0.05) is 43.1 Å². The number of aromatic nitrogens is 7. The molecule has 0 fully saturated rings. The fraction of sp³-hybridized carbons (Fsp3) is 0. The summed E-state index contributed by atoms with van der Waals surface area (Å²) in [5.74, 6) is 3.39. The lowest BCUT2D eigenvalue weighted by atomic mass is 10.1. The van der Waals surface area contributed by atoms with Crippen LogP contribution in [-0.4, -0.2) is 33.2 Å². The van der Waals surface area contributed by atoms with Crippen LogP contribution >= 0.6 is 0 Å². The molecule has 0 amide bonds. The third kappa shape index (κ3) is 4.89. The fourth-order valence-corrected chi connectivity index (χ4v) is 10.4. The van der Waals surface area contributed by atoms with Crippen LogP contribution in [0.25, 0.3) is 122 Å². The third-order valence-electron chi connectivity index (χ3n) is 13.0. The van der Waals surface area contributed by atoms with Crippen molar-refractivity contribution in [1.82, 2.24) is 33.2 Å². The predicted molar refractivity (Wildman–Crippen MR) is 263 cm³/mol. The molecule has 0 saturated carbocycles. The summed E-state index contributed by atoms with van der Waals surface area (Å²) in [6.07, 6.45) is 0. The standard InChI is InChI=1S/C57H35N7/c1-7-24-45-36(16-1)37-17-2-8-25-46(37)61(45)52-30-13-22-43(58-52)44-23-14-31-53(59-44)64-49-28-11-5-20-40(49)41-34-35-51-56(57(41)64)42-21-6-12-29-50(42)63(51)55-33-15-32-54(60-55)62-47-26-9-3-18-38(47)39-19-4-10-27-48(39)62/h1-35H. The monoisotopic (exact) mass is 817 g/mol. The van der Waals surface area contributed by atoms with E-state index in [1.54, 1.807) is 0 Å². The Kier molecular flexibility index (Phi) is 7.27. The molecule has 0 N–H and O–H groups in total. The van der Waals surface area contributed by atoms with Crippen LogP contribution in [-0.2, 0) is 0 Å². The Balaban J connectivity index is 0.980. The summed E-state index contributed by atoms with van der Waals surface area (Å²) in [6, 6.07) is 75.0. The zero-order valence-electron chi connectivity index (χ0n) is 34.3. The van der Waals surface area contributed by atoms with Crippen molar-refractivity contribution in [2.45, 2.75) is 0 Å². The highest BCUT2D eigenvalue weighted by Crippen LogP contribution is 2.42. The number of fused-ring (bicyclic) bond motifs is 13. The summed E-state index contributed by atoms with van der Waals surface area (Å²) < 4.78 is 9.19. The summed E-state index contributed by atoms with van der Waals surface area (Å²) in [5.41, 5.74) is 10.4. The van der Waals surface area contributed by atoms with E-state index in [2.05, 4.69) is 231 Å². The van der Waals surface area contributed by atoms with E-state index < -0.39 is 0 Å². The Morgan fingerprint density at radius 1 is 0.219 bits per heavy atom. The molecule has 14 rings (SSSR count). The minimum absolute atomic E-state index is 0.798. The average Bonchev–Trinajstić information content (AvgIpc) is 4.09. The summed E-state index contributed by atoms with van der Waals surface area (Å²) in [5, 5.41) is 9.45. The van der Waals surface area contributed by atoms with Crippen molar-refractivity contribution >= 4 is 87.2 Å². The van der Waals surface area contributed by atoms with Crippen LogP contribution in [0.2, 0.25) is 0 Å². The molecule has 0 bridgehead atoms. The first-order chi connectivity index (χ1) is 31.8. The van der Waals surface area contributed by atoms with Crippen LogP contribution in [0.4, 0.5) is 0 Å². The van der Waals surface area contributed by atoms with Gasteiger partial charge in [-0.15, -0.1) is 0 Å². The summed E-state index contributed by atoms with van der Waals surface area (Å²) in [4.78, 5) is 16.2. The largest absolute Gasteiger partial charge is 0.294 e. The first kappa shape index (κ1) is 34.9. The van der Waals surface area contributed by atoms with E-state index in [1.807, 2.05) is 0 Å². The molecule has 7 aromatic carbocycles. The normalized spacial score (nSPS) is 12.1. The van der Waals surface area contributed by atoms with Gasteiger partial charge in [-0.05, 0) is 78.9 Å². The summed E-state index contributed by atoms with van der Waals surface area (Å²) in [7, 11) is 0. The zero-order chi connectivity index (χ0) is 41.9. The maximum atomic E-state index is 5.46. The first-order valence-electron chi connectivity index (χ1n) is 21.6. The summed E-state index contributed by atoms with van der Waals surface area (Å²) >= 11 is 0. The lowest BCUT2D eigenvalue weighted by molar-refractivity contribution is 1.01. The molecule has 64 heavy (non-hydrogen) atoms. The number of hydrogen-bond acceptors (Lipinski definition) is 3. The van der Waals surface area contributed by atoms with E-state index >= 15 is 0 Å². The second-order valence-electron chi connectivity index (χ2n) is 16.4. The Bertz CT molecular complexity index is 4110. The molecule has 7 nitrogen and oxygen atoms in total. The highest BCUT2D eigenvalue weighted by Gasteiger charge is 2.23. The molecule has 0 aliphatic heterocycles. The van der Waals surface area contributed by atoms with Crippen LogP contribution in [0.5, 0.6) is 0 Å². The van der Waals surface area contributed by atoms with E-state index in [1.165, 1.54) is 26.9 Å². The van der Waals surface area contributed by atoms with E-state index in [0.29, 0.717) is 0 Å². The van der Waals surface area contributed by atoms with Crippen molar-refractivity contribution in [2.24, 2.45) is 0 Å². The van der Waals surface area contributed by atoms with Crippen molar-refractivity contribution in [1.29, 1.82) is 0 Å². The Morgan fingerprint density at radius 2 is 0.547 bits per heavy atom. The van der Waals surface area contributed by atoms with Gasteiger partial charge in [0.25, 0.3) is 0 Å². The van der Waals surface area contributed by atoms with Gasteiger partial charge in [0.15, 0.2) is 0 Å². The second kappa shape index (κ2) is 13.3. The van der Waals surface area contributed by atoms with Crippen molar-refractivity contribution in [3.8, 4) is 34.7 Å². The van der Waals surface area contributed by atoms with Crippen LogP contribution in [0.3, 0.4) is 0 Å². The molecule has 0 aliphatic carbocycles. The molecular weight excluding hydrogens is 783 g/mol. The number of para-hydroxylation sites is 6. The fourth-order valence-electron chi connectivity index (χ4n) is 10.4. The lowest BCUT2D eigenvalue weighted by Crippen LogP contribution is -2.03. The Labute approximate surface area is 366 Å². The highest BCUT2D eigenvalue weighted by atomic mass is 15.1. The molecule has 298 valence electrons. The van der Waals surface area contributed by atoms with Crippen LogP contribution in [0, 0.1) is 0 Å². The van der Waals surface area contributed by atoms with Gasteiger partial charge >= 0.3 is 0 Å². The SMILES string of the molecule is c1cc(-c2cccc(-n3c4ccccc4c4ccc5c(c6ccccc6n5-c5cccc(-n6c7ccccc7c7ccccc76)n5)c43)n2)nc(-n2c3ccccc3c3ccccc32)c1. The van der Waals surface area contributed by atoms with Gasteiger partial charge in [0.05, 0.1) is 55.5 Å². The molecule has 0 saturated heterocycles. The zero-order valence-corrected chi connectivity index (χ0v) is 34.3. The molecule has 0 unspecified atom stereocenters. The predicted octanol–water partition coefficient (Wildman–Crippen LogP) is 13.9. The molecule has 0 spiro atoms.